The Kier molecular flexibility index (Phi) is 4.42. The molecule has 2 N–H and O–H groups in total. The van der Waals surface area contributed by atoms with Gasteiger partial charge in [0.25, 0.3) is 0 Å². The van der Waals surface area contributed by atoms with Crippen LogP contribution in [-0.4, -0.2) is 16.6 Å². The van der Waals surface area contributed by atoms with Gasteiger partial charge in [-0.25, -0.2) is 13.8 Å². The standard InChI is InChI=1S/C19H16F2N2O/c1-2-22-19-10-13(16-11-14(20)6-7-17(16)21)9-18(23-19)12-4-3-5-15(24)8-12/h3-11,24H,2H2,1H3,(H,22,23). The van der Waals surface area contributed by atoms with Gasteiger partial charge >= 0.3 is 0 Å². The summed E-state index contributed by atoms with van der Waals surface area (Å²) in [4.78, 5) is 4.47. The summed E-state index contributed by atoms with van der Waals surface area (Å²) in [6.45, 7) is 2.56. The summed E-state index contributed by atoms with van der Waals surface area (Å²) in [5.41, 5.74) is 1.92. The van der Waals surface area contributed by atoms with Crippen LogP contribution in [0, 0.1) is 11.6 Å². The molecule has 0 unspecified atom stereocenters. The molecule has 0 amide bonds. The maximum absolute atomic E-state index is 14.1. The highest BCUT2D eigenvalue weighted by Gasteiger charge is 2.11. The molecule has 1 aromatic heterocycles. The number of benzene rings is 2. The first kappa shape index (κ1) is 15.9. The number of phenols is 1. The maximum atomic E-state index is 14.1. The fourth-order valence-electron chi connectivity index (χ4n) is 2.49. The summed E-state index contributed by atoms with van der Waals surface area (Å²) in [6.07, 6.45) is 0. The molecule has 0 saturated carbocycles. The lowest BCUT2D eigenvalue weighted by molar-refractivity contribution is 0.475. The maximum Gasteiger partial charge on any atom is 0.131 e. The number of nitrogens with zero attached hydrogens (tertiary/aromatic N) is 1. The van der Waals surface area contributed by atoms with Gasteiger partial charge in [0, 0.05) is 17.7 Å². The van der Waals surface area contributed by atoms with Gasteiger partial charge in [-0.15, -0.1) is 0 Å². The average molecular weight is 326 g/mol. The third-order valence-electron chi connectivity index (χ3n) is 3.56. The molecule has 5 heteroatoms. The smallest absolute Gasteiger partial charge is 0.131 e. The number of pyridine rings is 1. The van der Waals surface area contributed by atoms with Crippen LogP contribution in [0.2, 0.25) is 0 Å². The molecule has 0 radical (unpaired) electrons. The van der Waals surface area contributed by atoms with Crippen LogP contribution in [0.25, 0.3) is 22.4 Å². The molecule has 2 aromatic carbocycles. The van der Waals surface area contributed by atoms with Crippen molar-refractivity contribution < 1.29 is 13.9 Å². The number of halogens is 2. The zero-order chi connectivity index (χ0) is 17.1. The lowest BCUT2D eigenvalue weighted by atomic mass is 10.0. The van der Waals surface area contributed by atoms with E-state index in [1.807, 2.05) is 6.92 Å². The molecule has 3 aromatic rings. The molecule has 0 bridgehead atoms. The molecule has 24 heavy (non-hydrogen) atoms. The predicted molar refractivity (Wildman–Crippen MR) is 90.9 cm³/mol. The summed E-state index contributed by atoms with van der Waals surface area (Å²) in [7, 11) is 0. The molecular formula is C19H16F2N2O. The SMILES string of the molecule is CCNc1cc(-c2cc(F)ccc2F)cc(-c2cccc(O)c2)n1. The molecule has 1 heterocycles. The molecular weight excluding hydrogens is 310 g/mol. The van der Waals surface area contributed by atoms with Crippen molar-refractivity contribution in [3.8, 4) is 28.1 Å². The van der Waals surface area contributed by atoms with Crippen molar-refractivity contribution in [2.24, 2.45) is 0 Å². The summed E-state index contributed by atoms with van der Waals surface area (Å²) in [5.74, 6) is -0.349. The first-order valence-corrected chi connectivity index (χ1v) is 7.57. The molecule has 0 spiro atoms. The van der Waals surface area contributed by atoms with Gasteiger partial charge in [0.1, 0.15) is 23.2 Å². The second kappa shape index (κ2) is 6.66. The molecule has 0 aliphatic carbocycles. The van der Waals surface area contributed by atoms with E-state index < -0.39 is 11.6 Å². The van der Waals surface area contributed by atoms with E-state index >= 15 is 0 Å². The van der Waals surface area contributed by atoms with E-state index in [2.05, 4.69) is 10.3 Å². The second-order valence-corrected chi connectivity index (χ2v) is 5.33. The Morgan fingerprint density at radius 3 is 2.58 bits per heavy atom. The first-order chi connectivity index (χ1) is 11.6. The second-order valence-electron chi connectivity index (χ2n) is 5.33. The van der Waals surface area contributed by atoms with E-state index in [0.717, 1.165) is 18.2 Å². The molecule has 0 atom stereocenters. The third kappa shape index (κ3) is 3.35. The zero-order valence-electron chi connectivity index (χ0n) is 13.1. The number of hydrogen-bond donors (Lipinski definition) is 2. The van der Waals surface area contributed by atoms with Crippen LogP contribution < -0.4 is 5.32 Å². The highest BCUT2D eigenvalue weighted by atomic mass is 19.1. The topological polar surface area (TPSA) is 45.1 Å². The van der Waals surface area contributed by atoms with Gasteiger partial charge in [0.2, 0.25) is 0 Å². The van der Waals surface area contributed by atoms with E-state index in [9.17, 15) is 13.9 Å². The molecule has 0 fully saturated rings. The molecule has 0 aliphatic heterocycles. The van der Waals surface area contributed by atoms with Crippen LogP contribution in [0.5, 0.6) is 5.75 Å². The summed E-state index contributed by atoms with van der Waals surface area (Å²) < 4.78 is 27.7. The lowest BCUT2D eigenvalue weighted by Gasteiger charge is -2.11. The summed E-state index contributed by atoms with van der Waals surface area (Å²) in [6, 6.07) is 13.3. The Bertz CT molecular complexity index is 881. The van der Waals surface area contributed by atoms with Crippen molar-refractivity contribution in [2.75, 3.05) is 11.9 Å². The molecule has 3 nitrogen and oxygen atoms in total. The van der Waals surface area contributed by atoms with Gasteiger partial charge in [-0.2, -0.15) is 0 Å². The van der Waals surface area contributed by atoms with Crippen LogP contribution in [0.15, 0.2) is 54.6 Å². The van der Waals surface area contributed by atoms with Crippen molar-refractivity contribution in [1.29, 1.82) is 0 Å². The van der Waals surface area contributed by atoms with Gasteiger partial charge < -0.3 is 10.4 Å². The number of phenolic OH excluding ortho intramolecular Hbond substituents is 1. The van der Waals surface area contributed by atoms with Gasteiger partial charge in [-0.05, 0) is 55.0 Å². The highest BCUT2D eigenvalue weighted by molar-refractivity contribution is 5.74. The Morgan fingerprint density at radius 1 is 1.00 bits per heavy atom. The van der Waals surface area contributed by atoms with E-state index in [1.54, 1.807) is 36.4 Å². The number of anilines is 1. The quantitative estimate of drug-likeness (QED) is 0.722. The number of hydrogen-bond acceptors (Lipinski definition) is 3. The van der Waals surface area contributed by atoms with E-state index in [1.165, 1.54) is 0 Å². The van der Waals surface area contributed by atoms with E-state index in [-0.39, 0.29) is 11.3 Å². The van der Waals surface area contributed by atoms with Crippen LogP contribution >= 0.6 is 0 Å². The van der Waals surface area contributed by atoms with Crippen LogP contribution in [-0.2, 0) is 0 Å². The molecule has 3 rings (SSSR count). The van der Waals surface area contributed by atoms with Crippen molar-refractivity contribution in [1.82, 2.24) is 4.98 Å². The van der Waals surface area contributed by atoms with Crippen LogP contribution in [0.1, 0.15) is 6.92 Å². The molecule has 122 valence electrons. The fraction of sp³-hybridized carbons (Fsp3) is 0.105. The number of nitrogens with one attached hydrogen (secondary N) is 1. The van der Waals surface area contributed by atoms with E-state index in [4.69, 9.17) is 0 Å². The van der Waals surface area contributed by atoms with Crippen molar-refractivity contribution in [2.45, 2.75) is 6.92 Å². The number of aromatic nitrogens is 1. The van der Waals surface area contributed by atoms with Gasteiger partial charge in [-0.3, -0.25) is 0 Å². The summed E-state index contributed by atoms with van der Waals surface area (Å²) in [5, 5.41) is 12.7. The normalized spacial score (nSPS) is 10.6. The van der Waals surface area contributed by atoms with Crippen LogP contribution in [0.4, 0.5) is 14.6 Å². The van der Waals surface area contributed by atoms with Crippen LogP contribution in [0.3, 0.4) is 0 Å². The predicted octanol–water partition coefficient (Wildman–Crippen LogP) is 4.83. The Labute approximate surface area is 138 Å². The molecule has 0 saturated heterocycles. The Hall–Kier alpha value is -2.95. The van der Waals surface area contributed by atoms with Crippen molar-refractivity contribution in [3.63, 3.8) is 0 Å². The minimum absolute atomic E-state index is 0.113. The average Bonchev–Trinajstić information content (AvgIpc) is 2.57. The largest absolute Gasteiger partial charge is 0.508 e. The zero-order valence-corrected chi connectivity index (χ0v) is 13.1. The monoisotopic (exact) mass is 326 g/mol. The Morgan fingerprint density at radius 2 is 1.83 bits per heavy atom. The number of aromatic hydroxyl groups is 1. The van der Waals surface area contributed by atoms with Gasteiger partial charge in [0.15, 0.2) is 0 Å². The third-order valence-corrected chi connectivity index (χ3v) is 3.56. The highest BCUT2D eigenvalue weighted by Crippen LogP contribution is 2.31. The molecule has 0 aliphatic rings. The number of rotatable bonds is 4. The van der Waals surface area contributed by atoms with Crippen molar-refractivity contribution >= 4 is 5.82 Å². The first-order valence-electron chi connectivity index (χ1n) is 7.57. The van der Waals surface area contributed by atoms with Gasteiger partial charge in [-0.1, -0.05) is 12.1 Å². The van der Waals surface area contributed by atoms with Crippen molar-refractivity contribution in [3.05, 3.63) is 66.2 Å². The minimum Gasteiger partial charge on any atom is -0.508 e. The summed E-state index contributed by atoms with van der Waals surface area (Å²) >= 11 is 0. The minimum atomic E-state index is -0.507. The Balaban J connectivity index is 2.17. The van der Waals surface area contributed by atoms with E-state index in [0.29, 0.717) is 29.2 Å². The lowest BCUT2D eigenvalue weighted by Crippen LogP contribution is -2.01. The fourth-order valence-corrected chi connectivity index (χ4v) is 2.49. The van der Waals surface area contributed by atoms with Gasteiger partial charge in [0.05, 0.1) is 5.69 Å².